The predicted molar refractivity (Wildman–Crippen MR) is 52.7 cm³/mol. The maximum Gasteiger partial charge on any atom is 0.148 e. The molecule has 0 radical (unpaired) electrons. The summed E-state index contributed by atoms with van der Waals surface area (Å²) < 4.78 is 0. The number of ketones is 1. The zero-order chi connectivity index (χ0) is 9.47. The van der Waals surface area contributed by atoms with Gasteiger partial charge in [-0.15, -0.1) is 0 Å². The highest BCUT2D eigenvalue weighted by molar-refractivity contribution is 5.84. The van der Waals surface area contributed by atoms with Crippen molar-refractivity contribution < 1.29 is 4.79 Å². The molecular formula is C11H19NO. The van der Waals surface area contributed by atoms with Crippen molar-refractivity contribution >= 4 is 5.78 Å². The minimum atomic E-state index is 0.131. The third kappa shape index (κ3) is 1.64. The molecule has 74 valence electrons. The van der Waals surface area contributed by atoms with Crippen LogP contribution in [0.25, 0.3) is 0 Å². The van der Waals surface area contributed by atoms with Crippen LogP contribution in [0.5, 0.6) is 0 Å². The van der Waals surface area contributed by atoms with Crippen LogP contribution in [0.2, 0.25) is 0 Å². The standard InChI is InChI=1S/C11H19NO/c1-11(2)7-10(13)8-12(11)9-5-3-4-6-9/h9H,3-8H2,1-2H3. The molecule has 0 spiro atoms. The first kappa shape index (κ1) is 9.20. The molecular weight excluding hydrogens is 162 g/mol. The Morgan fingerprint density at radius 2 is 1.92 bits per heavy atom. The lowest BCUT2D eigenvalue weighted by molar-refractivity contribution is -0.117. The van der Waals surface area contributed by atoms with Gasteiger partial charge in [0.15, 0.2) is 0 Å². The maximum atomic E-state index is 11.4. The van der Waals surface area contributed by atoms with Crippen LogP contribution < -0.4 is 0 Å². The number of carbonyl (C=O) groups excluding carboxylic acids is 1. The maximum absolute atomic E-state index is 11.4. The van der Waals surface area contributed by atoms with Gasteiger partial charge in [-0.2, -0.15) is 0 Å². The Hall–Kier alpha value is -0.370. The van der Waals surface area contributed by atoms with Gasteiger partial charge in [-0.1, -0.05) is 12.8 Å². The second kappa shape index (κ2) is 3.09. The Bertz CT molecular complexity index is 216. The molecule has 1 saturated heterocycles. The average molecular weight is 181 g/mol. The number of likely N-dealkylation sites (tertiary alicyclic amines) is 1. The third-order valence-corrected chi connectivity index (χ3v) is 3.52. The van der Waals surface area contributed by atoms with E-state index in [4.69, 9.17) is 0 Å². The molecule has 0 aromatic rings. The van der Waals surface area contributed by atoms with Crippen molar-refractivity contribution in [3.8, 4) is 0 Å². The average Bonchev–Trinajstić information content (AvgIpc) is 2.56. The van der Waals surface area contributed by atoms with E-state index < -0.39 is 0 Å². The first-order valence-corrected chi connectivity index (χ1v) is 5.38. The molecule has 0 N–H and O–H groups in total. The van der Waals surface area contributed by atoms with Gasteiger partial charge >= 0.3 is 0 Å². The quantitative estimate of drug-likeness (QED) is 0.616. The molecule has 2 heteroatoms. The fraction of sp³-hybridized carbons (Fsp3) is 0.909. The van der Waals surface area contributed by atoms with Crippen LogP contribution >= 0.6 is 0 Å². The number of carbonyl (C=O) groups is 1. The minimum Gasteiger partial charge on any atom is -0.298 e. The Balaban J connectivity index is 2.09. The summed E-state index contributed by atoms with van der Waals surface area (Å²) in [6, 6.07) is 0.696. The summed E-state index contributed by atoms with van der Waals surface area (Å²) in [4.78, 5) is 13.8. The Morgan fingerprint density at radius 1 is 1.31 bits per heavy atom. The first-order valence-electron chi connectivity index (χ1n) is 5.38. The van der Waals surface area contributed by atoms with E-state index in [-0.39, 0.29) is 5.54 Å². The molecule has 0 unspecified atom stereocenters. The number of nitrogens with zero attached hydrogens (tertiary/aromatic N) is 1. The lowest BCUT2D eigenvalue weighted by Crippen LogP contribution is -2.44. The van der Waals surface area contributed by atoms with Gasteiger partial charge in [0.2, 0.25) is 0 Å². The molecule has 0 amide bonds. The van der Waals surface area contributed by atoms with Gasteiger partial charge in [0.05, 0.1) is 6.54 Å². The first-order chi connectivity index (χ1) is 6.09. The van der Waals surface area contributed by atoms with Crippen molar-refractivity contribution in [3.05, 3.63) is 0 Å². The van der Waals surface area contributed by atoms with E-state index in [2.05, 4.69) is 18.7 Å². The van der Waals surface area contributed by atoms with Gasteiger partial charge in [0.1, 0.15) is 5.78 Å². The topological polar surface area (TPSA) is 20.3 Å². The highest BCUT2D eigenvalue weighted by atomic mass is 16.1. The van der Waals surface area contributed by atoms with Crippen LogP contribution in [-0.4, -0.2) is 28.8 Å². The molecule has 2 nitrogen and oxygen atoms in total. The molecule has 1 saturated carbocycles. The highest BCUT2D eigenvalue weighted by Crippen LogP contribution is 2.34. The van der Waals surface area contributed by atoms with Crippen LogP contribution in [-0.2, 0) is 4.79 Å². The molecule has 2 rings (SSSR count). The molecule has 13 heavy (non-hydrogen) atoms. The second-order valence-corrected chi connectivity index (χ2v) is 5.09. The van der Waals surface area contributed by atoms with Crippen molar-refractivity contribution in [2.45, 2.75) is 57.5 Å². The Morgan fingerprint density at radius 3 is 2.38 bits per heavy atom. The van der Waals surface area contributed by atoms with Crippen molar-refractivity contribution in [1.29, 1.82) is 0 Å². The summed E-state index contributed by atoms with van der Waals surface area (Å²) in [5.74, 6) is 0.428. The second-order valence-electron chi connectivity index (χ2n) is 5.09. The largest absolute Gasteiger partial charge is 0.298 e. The van der Waals surface area contributed by atoms with Crippen molar-refractivity contribution in [3.63, 3.8) is 0 Å². The van der Waals surface area contributed by atoms with Gasteiger partial charge < -0.3 is 0 Å². The Kier molecular flexibility index (Phi) is 2.18. The number of rotatable bonds is 1. The van der Waals surface area contributed by atoms with E-state index in [1.54, 1.807) is 0 Å². The molecule has 1 aliphatic carbocycles. The number of Topliss-reactive ketones (excluding diaryl/α,β-unsaturated/α-hetero) is 1. The molecule has 0 aromatic carbocycles. The summed E-state index contributed by atoms with van der Waals surface area (Å²) in [5.41, 5.74) is 0.131. The predicted octanol–water partition coefficient (Wildman–Crippen LogP) is 1.98. The number of hydrogen-bond acceptors (Lipinski definition) is 2. The van der Waals surface area contributed by atoms with Crippen molar-refractivity contribution in [2.75, 3.05) is 6.54 Å². The molecule has 0 bridgehead atoms. The molecule has 0 atom stereocenters. The molecule has 0 aromatic heterocycles. The highest BCUT2D eigenvalue weighted by Gasteiger charge is 2.41. The van der Waals surface area contributed by atoms with E-state index in [0.29, 0.717) is 18.4 Å². The summed E-state index contributed by atoms with van der Waals surface area (Å²) in [7, 11) is 0. The van der Waals surface area contributed by atoms with E-state index in [1.807, 2.05) is 0 Å². The fourth-order valence-corrected chi connectivity index (χ4v) is 2.88. The van der Waals surface area contributed by atoms with Crippen molar-refractivity contribution in [1.82, 2.24) is 4.90 Å². The third-order valence-electron chi connectivity index (χ3n) is 3.52. The monoisotopic (exact) mass is 181 g/mol. The van der Waals surface area contributed by atoms with Gasteiger partial charge in [0.25, 0.3) is 0 Å². The summed E-state index contributed by atoms with van der Waals surface area (Å²) in [6.45, 7) is 5.12. The zero-order valence-electron chi connectivity index (χ0n) is 8.68. The number of hydrogen-bond donors (Lipinski definition) is 0. The summed E-state index contributed by atoms with van der Waals surface area (Å²) in [6.07, 6.45) is 6.06. The van der Waals surface area contributed by atoms with E-state index in [0.717, 1.165) is 6.42 Å². The van der Waals surface area contributed by atoms with E-state index in [1.165, 1.54) is 25.7 Å². The molecule has 1 heterocycles. The zero-order valence-corrected chi connectivity index (χ0v) is 8.68. The lowest BCUT2D eigenvalue weighted by Gasteiger charge is -2.35. The van der Waals surface area contributed by atoms with Crippen LogP contribution in [0.4, 0.5) is 0 Å². The van der Waals surface area contributed by atoms with Gasteiger partial charge in [-0.05, 0) is 26.7 Å². The van der Waals surface area contributed by atoms with Crippen LogP contribution in [0, 0.1) is 0 Å². The van der Waals surface area contributed by atoms with E-state index >= 15 is 0 Å². The van der Waals surface area contributed by atoms with Gasteiger partial charge in [0, 0.05) is 18.0 Å². The normalized spacial score (nSPS) is 30.2. The van der Waals surface area contributed by atoms with E-state index in [9.17, 15) is 4.79 Å². The summed E-state index contributed by atoms with van der Waals surface area (Å²) in [5, 5.41) is 0. The lowest BCUT2D eigenvalue weighted by atomic mass is 10.00. The van der Waals surface area contributed by atoms with Crippen molar-refractivity contribution in [2.24, 2.45) is 0 Å². The Labute approximate surface area is 80.3 Å². The SMILES string of the molecule is CC1(C)CC(=O)CN1C1CCCC1. The minimum absolute atomic E-state index is 0.131. The van der Waals surface area contributed by atoms with Crippen LogP contribution in [0.1, 0.15) is 46.0 Å². The summed E-state index contributed by atoms with van der Waals surface area (Å²) >= 11 is 0. The molecule has 2 fully saturated rings. The smallest absolute Gasteiger partial charge is 0.148 e. The molecule has 2 aliphatic rings. The fourth-order valence-electron chi connectivity index (χ4n) is 2.88. The van der Waals surface area contributed by atoms with Crippen LogP contribution in [0.3, 0.4) is 0 Å². The van der Waals surface area contributed by atoms with Gasteiger partial charge in [-0.3, -0.25) is 9.69 Å². The molecule has 1 aliphatic heterocycles. The van der Waals surface area contributed by atoms with Gasteiger partial charge in [-0.25, -0.2) is 0 Å². The van der Waals surface area contributed by atoms with Crippen LogP contribution in [0.15, 0.2) is 0 Å².